The highest BCUT2D eigenvalue weighted by molar-refractivity contribution is 5.00. The molecule has 3 heterocycles. The van der Waals surface area contributed by atoms with E-state index >= 15 is 0 Å². The van der Waals surface area contributed by atoms with Gasteiger partial charge in [0.2, 0.25) is 0 Å². The Kier molecular flexibility index (Phi) is 3.61. The molecule has 3 rings (SSSR count). The molecule has 0 amide bonds. The molecular formula is C15H26N4. The third-order valence-electron chi connectivity index (χ3n) is 4.64. The fourth-order valence-corrected chi connectivity index (χ4v) is 3.57. The first kappa shape index (κ1) is 13.1. The van der Waals surface area contributed by atoms with Crippen LogP contribution < -0.4 is 0 Å². The van der Waals surface area contributed by atoms with Crippen LogP contribution in [0.2, 0.25) is 0 Å². The zero-order chi connectivity index (χ0) is 13.4. The lowest BCUT2D eigenvalue weighted by atomic mass is 10.0. The van der Waals surface area contributed by atoms with Crippen molar-refractivity contribution in [1.82, 2.24) is 19.7 Å². The minimum absolute atomic E-state index is 0.643. The minimum atomic E-state index is 0.643. The maximum Gasteiger partial charge on any atom is 0.152 e. The molecule has 2 aliphatic heterocycles. The molecule has 2 unspecified atom stereocenters. The topological polar surface area (TPSA) is 34.0 Å². The average Bonchev–Trinajstić information content (AvgIpc) is 2.95. The standard InChI is InChI=1S/C15H26N4/c1-11(2)18-8-4-5-13(18)9-14-16-15-7-6-12(3)10-19(15)17-14/h11-13H,4-10H2,1-3H3. The van der Waals surface area contributed by atoms with E-state index < -0.39 is 0 Å². The number of aryl methyl sites for hydroxylation is 1. The number of hydrogen-bond acceptors (Lipinski definition) is 3. The Balaban J connectivity index is 1.70. The second-order valence-corrected chi connectivity index (χ2v) is 6.60. The molecule has 0 aromatic carbocycles. The molecule has 0 aliphatic carbocycles. The summed E-state index contributed by atoms with van der Waals surface area (Å²) >= 11 is 0. The Morgan fingerprint density at radius 3 is 2.95 bits per heavy atom. The SMILES string of the molecule is CC1CCc2nc(CC3CCCN3C(C)C)nn2C1. The summed E-state index contributed by atoms with van der Waals surface area (Å²) in [7, 11) is 0. The van der Waals surface area contributed by atoms with Crippen LogP contribution >= 0.6 is 0 Å². The summed E-state index contributed by atoms with van der Waals surface area (Å²) in [5, 5.41) is 4.74. The first-order chi connectivity index (χ1) is 9.13. The highest BCUT2D eigenvalue weighted by Crippen LogP contribution is 2.23. The van der Waals surface area contributed by atoms with E-state index in [0.29, 0.717) is 12.1 Å². The second-order valence-electron chi connectivity index (χ2n) is 6.60. The van der Waals surface area contributed by atoms with Gasteiger partial charge in [-0.05, 0) is 45.6 Å². The van der Waals surface area contributed by atoms with Crippen LogP contribution in [0.3, 0.4) is 0 Å². The summed E-state index contributed by atoms with van der Waals surface area (Å²) in [6.45, 7) is 9.20. The molecule has 1 aromatic rings. The summed E-state index contributed by atoms with van der Waals surface area (Å²) in [5.41, 5.74) is 0. The van der Waals surface area contributed by atoms with E-state index in [1.165, 1.54) is 31.6 Å². The Hall–Kier alpha value is -0.900. The smallest absolute Gasteiger partial charge is 0.152 e. The molecule has 2 aliphatic rings. The van der Waals surface area contributed by atoms with E-state index in [-0.39, 0.29) is 0 Å². The van der Waals surface area contributed by atoms with Crippen molar-refractivity contribution in [2.45, 2.75) is 71.5 Å². The van der Waals surface area contributed by atoms with Gasteiger partial charge in [0.1, 0.15) is 5.82 Å². The number of aromatic nitrogens is 3. The number of likely N-dealkylation sites (tertiary alicyclic amines) is 1. The van der Waals surface area contributed by atoms with Gasteiger partial charge in [0.05, 0.1) is 0 Å². The van der Waals surface area contributed by atoms with Crippen molar-refractivity contribution in [2.75, 3.05) is 6.54 Å². The van der Waals surface area contributed by atoms with Crippen molar-refractivity contribution in [3.8, 4) is 0 Å². The van der Waals surface area contributed by atoms with Crippen LogP contribution in [0.25, 0.3) is 0 Å². The van der Waals surface area contributed by atoms with Crippen LogP contribution in [0, 0.1) is 5.92 Å². The fraction of sp³-hybridized carbons (Fsp3) is 0.867. The van der Waals surface area contributed by atoms with Crippen LogP contribution in [-0.2, 0) is 19.4 Å². The van der Waals surface area contributed by atoms with Crippen molar-refractivity contribution in [1.29, 1.82) is 0 Å². The summed E-state index contributed by atoms with van der Waals surface area (Å²) in [6.07, 6.45) is 6.03. The molecule has 0 bridgehead atoms. The molecule has 2 atom stereocenters. The lowest BCUT2D eigenvalue weighted by Gasteiger charge is -2.27. The molecule has 19 heavy (non-hydrogen) atoms. The normalized spacial score (nSPS) is 28.0. The maximum atomic E-state index is 4.77. The van der Waals surface area contributed by atoms with E-state index in [1.807, 2.05) is 0 Å². The quantitative estimate of drug-likeness (QED) is 0.838. The van der Waals surface area contributed by atoms with Crippen molar-refractivity contribution in [2.24, 2.45) is 5.92 Å². The molecule has 106 valence electrons. The van der Waals surface area contributed by atoms with Crippen LogP contribution in [0.1, 0.15) is 51.7 Å². The first-order valence-corrected chi connectivity index (χ1v) is 7.82. The molecule has 1 aromatic heterocycles. The summed E-state index contributed by atoms with van der Waals surface area (Å²) < 4.78 is 2.15. The van der Waals surface area contributed by atoms with Gasteiger partial charge >= 0.3 is 0 Å². The van der Waals surface area contributed by atoms with Crippen molar-refractivity contribution >= 4 is 0 Å². The Morgan fingerprint density at radius 1 is 1.32 bits per heavy atom. The lowest BCUT2D eigenvalue weighted by Crippen LogP contribution is -2.36. The first-order valence-electron chi connectivity index (χ1n) is 7.82. The summed E-state index contributed by atoms with van der Waals surface area (Å²) in [6, 6.07) is 1.30. The monoisotopic (exact) mass is 262 g/mol. The van der Waals surface area contributed by atoms with Crippen molar-refractivity contribution in [3.05, 3.63) is 11.6 Å². The van der Waals surface area contributed by atoms with Gasteiger partial charge in [-0.2, -0.15) is 5.10 Å². The summed E-state index contributed by atoms with van der Waals surface area (Å²) in [4.78, 5) is 7.38. The zero-order valence-corrected chi connectivity index (χ0v) is 12.5. The van der Waals surface area contributed by atoms with Gasteiger partial charge < -0.3 is 0 Å². The van der Waals surface area contributed by atoms with Crippen molar-refractivity contribution in [3.63, 3.8) is 0 Å². The predicted molar refractivity (Wildman–Crippen MR) is 76.1 cm³/mol. The molecule has 1 fully saturated rings. The minimum Gasteiger partial charge on any atom is -0.298 e. The van der Waals surface area contributed by atoms with Gasteiger partial charge in [0.15, 0.2) is 5.82 Å². The molecule has 4 heteroatoms. The van der Waals surface area contributed by atoms with Gasteiger partial charge in [-0.3, -0.25) is 4.90 Å². The van der Waals surface area contributed by atoms with Crippen LogP contribution in [-0.4, -0.2) is 38.3 Å². The Morgan fingerprint density at radius 2 is 2.16 bits per heavy atom. The number of rotatable bonds is 3. The third kappa shape index (κ3) is 2.69. The highest BCUT2D eigenvalue weighted by atomic mass is 15.4. The Bertz CT molecular complexity index is 437. The second kappa shape index (κ2) is 5.23. The van der Waals surface area contributed by atoms with Gasteiger partial charge in [0, 0.05) is 31.5 Å². The molecule has 0 N–H and O–H groups in total. The number of fused-ring (bicyclic) bond motifs is 1. The summed E-state index contributed by atoms with van der Waals surface area (Å²) in [5.74, 6) is 3.03. The number of hydrogen-bond donors (Lipinski definition) is 0. The van der Waals surface area contributed by atoms with E-state index in [1.54, 1.807) is 0 Å². The van der Waals surface area contributed by atoms with Gasteiger partial charge in [0.25, 0.3) is 0 Å². The van der Waals surface area contributed by atoms with Gasteiger partial charge in [-0.25, -0.2) is 9.67 Å². The fourth-order valence-electron chi connectivity index (χ4n) is 3.57. The third-order valence-corrected chi connectivity index (χ3v) is 4.64. The van der Waals surface area contributed by atoms with Crippen LogP contribution in [0.15, 0.2) is 0 Å². The largest absolute Gasteiger partial charge is 0.298 e. The molecule has 0 radical (unpaired) electrons. The van der Waals surface area contributed by atoms with E-state index in [4.69, 9.17) is 10.1 Å². The lowest BCUT2D eigenvalue weighted by molar-refractivity contribution is 0.201. The maximum absolute atomic E-state index is 4.77. The van der Waals surface area contributed by atoms with E-state index in [0.717, 1.165) is 31.1 Å². The van der Waals surface area contributed by atoms with Gasteiger partial charge in [-0.1, -0.05) is 6.92 Å². The molecular weight excluding hydrogens is 236 g/mol. The predicted octanol–water partition coefficient (Wildman–Crippen LogP) is 2.28. The van der Waals surface area contributed by atoms with E-state index in [9.17, 15) is 0 Å². The highest BCUT2D eigenvalue weighted by Gasteiger charge is 2.28. The van der Waals surface area contributed by atoms with Crippen LogP contribution in [0.4, 0.5) is 0 Å². The number of nitrogens with zero attached hydrogens (tertiary/aromatic N) is 4. The average molecular weight is 262 g/mol. The van der Waals surface area contributed by atoms with Gasteiger partial charge in [-0.15, -0.1) is 0 Å². The molecule has 0 spiro atoms. The molecule has 4 nitrogen and oxygen atoms in total. The van der Waals surface area contributed by atoms with Crippen molar-refractivity contribution < 1.29 is 0 Å². The molecule has 0 saturated carbocycles. The van der Waals surface area contributed by atoms with E-state index in [2.05, 4.69) is 30.4 Å². The Labute approximate surface area is 116 Å². The van der Waals surface area contributed by atoms with Crippen LogP contribution in [0.5, 0.6) is 0 Å². The molecule has 1 saturated heterocycles. The zero-order valence-electron chi connectivity index (χ0n) is 12.5.